The standard InChI is InChI=1S/C14H12ClFN2S/c1-8-11(16)3-2-4-12(8)18-13-6-5-9(14(17)19)7-10(13)15/h2-7,18H,1H3,(H2,17,19). The van der Waals surface area contributed by atoms with E-state index < -0.39 is 0 Å². The summed E-state index contributed by atoms with van der Waals surface area (Å²) in [5.74, 6) is -0.263. The highest BCUT2D eigenvalue weighted by Gasteiger charge is 2.07. The van der Waals surface area contributed by atoms with E-state index in [4.69, 9.17) is 29.6 Å². The second kappa shape index (κ2) is 5.55. The molecular weight excluding hydrogens is 283 g/mol. The number of hydrogen-bond donors (Lipinski definition) is 2. The van der Waals surface area contributed by atoms with Crippen LogP contribution in [0.2, 0.25) is 5.02 Å². The average Bonchev–Trinajstić information content (AvgIpc) is 2.37. The molecule has 2 nitrogen and oxygen atoms in total. The summed E-state index contributed by atoms with van der Waals surface area (Å²) in [6.07, 6.45) is 0. The minimum absolute atomic E-state index is 0.263. The quantitative estimate of drug-likeness (QED) is 0.835. The molecule has 0 unspecified atom stereocenters. The molecule has 2 aromatic carbocycles. The van der Waals surface area contributed by atoms with Crippen molar-refractivity contribution in [3.63, 3.8) is 0 Å². The van der Waals surface area contributed by atoms with E-state index in [-0.39, 0.29) is 10.8 Å². The van der Waals surface area contributed by atoms with E-state index in [9.17, 15) is 4.39 Å². The lowest BCUT2D eigenvalue weighted by Gasteiger charge is -2.12. The summed E-state index contributed by atoms with van der Waals surface area (Å²) in [6, 6.07) is 10.1. The van der Waals surface area contributed by atoms with Crippen molar-refractivity contribution in [2.24, 2.45) is 5.73 Å². The molecule has 0 amide bonds. The Balaban J connectivity index is 2.34. The maximum atomic E-state index is 13.4. The van der Waals surface area contributed by atoms with E-state index in [1.165, 1.54) is 6.07 Å². The zero-order chi connectivity index (χ0) is 14.0. The van der Waals surface area contributed by atoms with Crippen LogP contribution >= 0.6 is 23.8 Å². The number of hydrogen-bond acceptors (Lipinski definition) is 2. The second-order valence-corrected chi connectivity index (χ2v) is 4.94. The fraction of sp³-hybridized carbons (Fsp3) is 0.0714. The first kappa shape index (κ1) is 13.8. The molecular formula is C14H12ClFN2S. The predicted octanol–water partition coefficient (Wildman–Crippen LogP) is 4.17. The Morgan fingerprint density at radius 2 is 2.00 bits per heavy atom. The van der Waals surface area contributed by atoms with E-state index in [1.54, 1.807) is 37.3 Å². The van der Waals surface area contributed by atoms with Gasteiger partial charge in [-0.1, -0.05) is 29.9 Å². The Hall–Kier alpha value is -1.65. The highest BCUT2D eigenvalue weighted by molar-refractivity contribution is 7.80. The summed E-state index contributed by atoms with van der Waals surface area (Å²) in [5.41, 5.74) is 8.11. The molecule has 5 heteroatoms. The average molecular weight is 295 g/mol. The molecule has 0 fully saturated rings. The van der Waals surface area contributed by atoms with Crippen LogP contribution in [0.4, 0.5) is 15.8 Å². The van der Waals surface area contributed by atoms with Crippen molar-refractivity contribution in [1.82, 2.24) is 0 Å². The van der Waals surface area contributed by atoms with Crippen molar-refractivity contribution >= 4 is 40.2 Å². The fourth-order valence-corrected chi connectivity index (χ4v) is 2.01. The van der Waals surface area contributed by atoms with Gasteiger partial charge in [-0.05, 0) is 37.3 Å². The molecule has 0 radical (unpaired) electrons. The van der Waals surface area contributed by atoms with Crippen molar-refractivity contribution in [2.75, 3.05) is 5.32 Å². The molecule has 2 rings (SSSR count). The number of halogens is 2. The molecule has 0 saturated carbocycles. The van der Waals surface area contributed by atoms with Crippen LogP contribution < -0.4 is 11.1 Å². The zero-order valence-electron chi connectivity index (χ0n) is 10.2. The maximum Gasteiger partial charge on any atom is 0.128 e. The number of benzene rings is 2. The van der Waals surface area contributed by atoms with Crippen LogP contribution in [-0.2, 0) is 0 Å². The molecule has 0 aliphatic rings. The van der Waals surface area contributed by atoms with E-state index >= 15 is 0 Å². The van der Waals surface area contributed by atoms with E-state index in [1.807, 2.05) is 0 Å². The molecule has 0 aliphatic heterocycles. The third-order valence-corrected chi connectivity index (χ3v) is 3.34. The third kappa shape index (κ3) is 3.03. The van der Waals surface area contributed by atoms with E-state index in [2.05, 4.69) is 5.32 Å². The van der Waals surface area contributed by atoms with E-state index in [0.29, 0.717) is 27.5 Å². The summed E-state index contributed by atoms with van der Waals surface area (Å²) >= 11 is 11.0. The second-order valence-electron chi connectivity index (χ2n) is 4.10. The summed E-state index contributed by atoms with van der Waals surface area (Å²) in [4.78, 5) is 0.287. The molecule has 0 bridgehead atoms. The van der Waals surface area contributed by atoms with Crippen molar-refractivity contribution in [1.29, 1.82) is 0 Å². The monoisotopic (exact) mass is 294 g/mol. The van der Waals surface area contributed by atoms with Gasteiger partial charge >= 0.3 is 0 Å². The van der Waals surface area contributed by atoms with Gasteiger partial charge < -0.3 is 11.1 Å². The number of anilines is 2. The highest BCUT2D eigenvalue weighted by Crippen LogP contribution is 2.28. The van der Waals surface area contributed by atoms with Gasteiger partial charge in [0.1, 0.15) is 10.8 Å². The van der Waals surface area contributed by atoms with Gasteiger partial charge in [-0.2, -0.15) is 0 Å². The SMILES string of the molecule is Cc1c(F)cccc1Nc1ccc(C(N)=S)cc1Cl. The van der Waals surface area contributed by atoms with Gasteiger partial charge in [0.25, 0.3) is 0 Å². The van der Waals surface area contributed by atoms with Gasteiger partial charge in [0.2, 0.25) is 0 Å². The smallest absolute Gasteiger partial charge is 0.128 e. The Morgan fingerprint density at radius 3 is 2.63 bits per heavy atom. The van der Waals surface area contributed by atoms with Crippen LogP contribution in [0.3, 0.4) is 0 Å². The van der Waals surface area contributed by atoms with Crippen LogP contribution in [0, 0.1) is 12.7 Å². The van der Waals surface area contributed by atoms with Gasteiger partial charge in [0, 0.05) is 16.8 Å². The number of nitrogens with two attached hydrogens (primary N) is 1. The first-order valence-corrected chi connectivity index (χ1v) is 6.39. The lowest BCUT2D eigenvalue weighted by molar-refractivity contribution is 0.619. The van der Waals surface area contributed by atoms with Crippen LogP contribution in [0.1, 0.15) is 11.1 Å². The zero-order valence-corrected chi connectivity index (χ0v) is 11.8. The Morgan fingerprint density at radius 1 is 1.26 bits per heavy atom. The van der Waals surface area contributed by atoms with Crippen LogP contribution in [0.15, 0.2) is 36.4 Å². The summed E-state index contributed by atoms with van der Waals surface area (Å²) in [5, 5.41) is 3.57. The third-order valence-electron chi connectivity index (χ3n) is 2.79. The summed E-state index contributed by atoms with van der Waals surface area (Å²) in [7, 11) is 0. The van der Waals surface area contributed by atoms with Gasteiger partial charge in [-0.3, -0.25) is 0 Å². The Bertz CT molecular complexity index is 643. The van der Waals surface area contributed by atoms with Crippen molar-refractivity contribution in [3.05, 3.63) is 58.4 Å². The minimum atomic E-state index is -0.263. The van der Waals surface area contributed by atoms with Gasteiger partial charge in [-0.25, -0.2) is 4.39 Å². The number of thiocarbonyl (C=S) groups is 1. The normalized spacial score (nSPS) is 10.3. The maximum absolute atomic E-state index is 13.4. The van der Waals surface area contributed by atoms with Gasteiger partial charge in [0.05, 0.1) is 10.7 Å². The molecule has 0 saturated heterocycles. The Kier molecular flexibility index (Phi) is 4.02. The fourth-order valence-electron chi connectivity index (χ4n) is 1.66. The van der Waals surface area contributed by atoms with E-state index in [0.717, 1.165) is 0 Å². The van der Waals surface area contributed by atoms with Crippen molar-refractivity contribution in [2.45, 2.75) is 6.92 Å². The Labute approximate surface area is 121 Å². The topological polar surface area (TPSA) is 38.0 Å². The number of nitrogens with one attached hydrogen (secondary N) is 1. The first-order chi connectivity index (χ1) is 8.99. The van der Waals surface area contributed by atoms with Gasteiger partial charge in [0.15, 0.2) is 0 Å². The molecule has 98 valence electrons. The molecule has 0 spiro atoms. The predicted molar refractivity (Wildman–Crippen MR) is 81.8 cm³/mol. The minimum Gasteiger partial charge on any atom is -0.389 e. The molecule has 3 N–H and O–H groups in total. The molecule has 0 aliphatic carbocycles. The first-order valence-electron chi connectivity index (χ1n) is 5.60. The lowest BCUT2D eigenvalue weighted by Crippen LogP contribution is -2.09. The molecule has 0 heterocycles. The molecule has 19 heavy (non-hydrogen) atoms. The molecule has 0 aromatic heterocycles. The largest absolute Gasteiger partial charge is 0.389 e. The summed E-state index contributed by atoms with van der Waals surface area (Å²) < 4.78 is 13.4. The number of rotatable bonds is 3. The van der Waals surface area contributed by atoms with Crippen LogP contribution in [0.25, 0.3) is 0 Å². The van der Waals surface area contributed by atoms with Crippen LogP contribution in [-0.4, -0.2) is 4.99 Å². The lowest BCUT2D eigenvalue weighted by atomic mass is 10.1. The summed E-state index contributed by atoms with van der Waals surface area (Å²) in [6.45, 7) is 1.70. The van der Waals surface area contributed by atoms with Crippen molar-refractivity contribution in [3.8, 4) is 0 Å². The highest BCUT2D eigenvalue weighted by atomic mass is 35.5. The van der Waals surface area contributed by atoms with Crippen LogP contribution in [0.5, 0.6) is 0 Å². The molecule has 0 atom stereocenters. The van der Waals surface area contributed by atoms with Crippen molar-refractivity contribution < 1.29 is 4.39 Å². The molecule has 2 aromatic rings. The van der Waals surface area contributed by atoms with Gasteiger partial charge in [-0.15, -0.1) is 0 Å².